The van der Waals surface area contributed by atoms with Crippen molar-refractivity contribution in [1.29, 1.82) is 0 Å². The minimum Gasteiger partial charge on any atom is -0.311 e. The average Bonchev–Trinajstić information content (AvgIpc) is 2.91. The molecule has 0 aliphatic rings. The van der Waals surface area contributed by atoms with Crippen LogP contribution in [0.15, 0.2) is 24.4 Å². The fourth-order valence-electron chi connectivity index (χ4n) is 1.88. The van der Waals surface area contributed by atoms with Gasteiger partial charge in [0.1, 0.15) is 0 Å². The van der Waals surface area contributed by atoms with Gasteiger partial charge in [0.15, 0.2) is 5.82 Å². The molecule has 0 aliphatic heterocycles. The van der Waals surface area contributed by atoms with Crippen molar-refractivity contribution < 1.29 is 0 Å². The van der Waals surface area contributed by atoms with E-state index < -0.39 is 0 Å². The molecule has 2 aromatic heterocycles. The number of rotatable bonds is 6. The van der Waals surface area contributed by atoms with Gasteiger partial charge in [-0.05, 0) is 37.1 Å². The summed E-state index contributed by atoms with van der Waals surface area (Å²) >= 11 is 6.19. The molecule has 5 heteroatoms. The molecule has 2 heterocycles. The molecular weight excluding hydrogens is 272 g/mol. The molecule has 0 aromatic carbocycles. The summed E-state index contributed by atoms with van der Waals surface area (Å²) in [6.45, 7) is 8.03. The van der Waals surface area contributed by atoms with E-state index >= 15 is 0 Å². The van der Waals surface area contributed by atoms with Crippen molar-refractivity contribution in [3.8, 4) is 5.82 Å². The third-order valence-corrected chi connectivity index (χ3v) is 3.40. The summed E-state index contributed by atoms with van der Waals surface area (Å²) in [6, 6.07) is 5.79. The van der Waals surface area contributed by atoms with E-state index in [1.54, 1.807) is 4.68 Å². The minimum absolute atomic E-state index is 0.411. The number of hydrogen-bond donors (Lipinski definition) is 1. The Bertz CT molecular complexity index is 563. The normalized spacial score (nSPS) is 11.2. The summed E-state index contributed by atoms with van der Waals surface area (Å²) in [5.41, 5.74) is 1.92. The largest absolute Gasteiger partial charge is 0.311 e. The first-order valence-corrected chi connectivity index (χ1v) is 7.41. The van der Waals surface area contributed by atoms with E-state index in [1.807, 2.05) is 24.4 Å². The van der Waals surface area contributed by atoms with Gasteiger partial charge in [-0.1, -0.05) is 32.4 Å². The van der Waals surface area contributed by atoms with Crippen molar-refractivity contribution in [2.75, 3.05) is 6.54 Å². The van der Waals surface area contributed by atoms with Crippen molar-refractivity contribution in [1.82, 2.24) is 20.1 Å². The summed E-state index contributed by atoms with van der Waals surface area (Å²) < 4.78 is 1.80. The maximum absolute atomic E-state index is 6.19. The Morgan fingerprint density at radius 3 is 2.75 bits per heavy atom. The summed E-state index contributed by atoms with van der Waals surface area (Å²) in [5, 5.41) is 8.54. The molecule has 2 rings (SSSR count). The van der Waals surface area contributed by atoms with E-state index in [1.165, 1.54) is 0 Å². The van der Waals surface area contributed by atoms with Crippen LogP contribution in [0.2, 0.25) is 5.02 Å². The van der Waals surface area contributed by atoms with Crippen LogP contribution >= 0.6 is 11.6 Å². The topological polar surface area (TPSA) is 42.7 Å². The zero-order valence-electron chi connectivity index (χ0n) is 12.2. The standard InChI is InChI=1S/C15H21ClN4/c1-4-8-17-10-14-12(16)5-6-15(18-14)20-9-7-13(19-20)11(2)3/h5-7,9,11,17H,4,8,10H2,1-3H3. The second-order valence-corrected chi connectivity index (χ2v) is 5.52. The van der Waals surface area contributed by atoms with E-state index in [0.717, 1.165) is 30.2 Å². The molecule has 0 amide bonds. The SMILES string of the molecule is CCCNCc1nc(-n2ccc(C(C)C)n2)ccc1Cl. The molecule has 0 saturated carbocycles. The predicted molar refractivity (Wildman–Crippen MR) is 82.5 cm³/mol. The molecule has 2 aromatic rings. The monoisotopic (exact) mass is 292 g/mol. The van der Waals surface area contributed by atoms with Gasteiger partial charge in [0.25, 0.3) is 0 Å². The second-order valence-electron chi connectivity index (χ2n) is 5.11. The highest BCUT2D eigenvalue weighted by Gasteiger charge is 2.08. The number of hydrogen-bond acceptors (Lipinski definition) is 3. The molecule has 20 heavy (non-hydrogen) atoms. The highest BCUT2D eigenvalue weighted by molar-refractivity contribution is 6.31. The molecule has 0 spiro atoms. The van der Waals surface area contributed by atoms with Gasteiger partial charge >= 0.3 is 0 Å². The van der Waals surface area contributed by atoms with Crippen LogP contribution in [-0.2, 0) is 6.54 Å². The van der Waals surface area contributed by atoms with Crippen LogP contribution in [0.5, 0.6) is 0 Å². The minimum atomic E-state index is 0.411. The van der Waals surface area contributed by atoms with E-state index in [0.29, 0.717) is 17.5 Å². The lowest BCUT2D eigenvalue weighted by atomic mass is 10.1. The first-order valence-electron chi connectivity index (χ1n) is 7.04. The van der Waals surface area contributed by atoms with Gasteiger partial charge in [0.05, 0.1) is 16.4 Å². The van der Waals surface area contributed by atoms with Crippen molar-refractivity contribution in [3.63, 3.8) is 0 Å². The smallest absolute Gasteiger partial charge is 0.153 e. The van der Waals surface area contributed by atoms with Crippen LogP contribution in [0.4, 0.5) is 0 Å². The molecule has 0 unspecified atom stereocenters. The van der Waals surface area contributed by atoms with Crippen molar-refractivity contribution in [3.05, 3.63) is 40.8 Å². The zero-order chi connectivity index (χ0) is 14.5. The molecule has 1 N–H and O–H groups in total. The number of halogens is 1. The number of nitrogens with one attached hydrogen (secondary N) is 1. The molecule has 4 nitrogen and oxygen atoms in total. The quantitative estimate of drug-likeness (QED) is 0.828. The van der Waals surface area contributed by atoms with Gasteiger partial charge in [0, 0.05) is 12.7 Å². The van der Waals surface area contributed by atoms with Gasteiger partial charge in [-0.3, -0.25) is 0 Å². The van der Waals surface area contributed by atoms with Gasteiger partial charge in [-0.2, -0.15) is 5.10 Å². The Morgan fingerprint density at radius 2 is 2.10 bits per heavy atom. The van der Waals surface area contributed by atoms with Crippen LogP contribution in [0.3, 0.4) is 0 Å². The third kappa shape index (κ3) is 3.58. The molecule has 0 atom stereocenters. The van der Waals surface area contributed by atoms with Gasteiger partial charge in [-0.15, -0.1) is 0 Å². The maximum Gasteiger partial charge on any atom is 0.153 e. The van der Waals surface area contributed by atoms with Gasteiger partial charge in [-0.25, -0.2) is 9.67 Å². The fraction of sp³-hybridized carbons (Fsp3) is 0.467. The lowest BCUT2D eigenvalue weighted by molar-refractivity contribution is 0.660. The number of nitrogens with zero attached hydrogens (tertiary/aromatic N) is 3. The van der Waals surface area contributed by atoms with Gasteiger partial charge < -0.3 is 5.32 Å². The summed E-state index contributed by atoms with van der Waals surface area (Å²) in [7, 11) is 0. The maximum atomic E-state index is 6.19. The Balaban J connectivity index is 2.21. The molecule has 0 radical (unpaired) electrons. The van der Waals surface area contributed by atoms with Crippen LogP contribution in [0.1, 0.15) is 44.5 Å². The summed E-state index contributed by atoms with van der Waals surface area (Å²) in [6.07, 6.45) is 3.03. The molecule has 0 bridgehead atoms. The molecular formula is C15H21ClN4. The Hall–Kier alpha value is -1.39. The lowest BCUT2D eigenvalue weighted by Gasteiger charge is -2.08. The Morgan fingerprint density at radius 1 is 1.30 bits per heavy atom. The van der Waals surface area contributed by atoms with Crippen LogP contribution in [0, 0.1) is 0 Å². The number of aromatic nitrogens is 3. The van der Waals surface area contributed by atoms with Crippen molar-refractivity contribution in [2.24, 2.45) is 0 Å². The molecule has 108 valence electrons. The highest BCUT2D eigenvalue weighted by atomic mass is 35.5. The van der Waals surface area contributed by atoms with Crippen LogP contribution in [0.25, 0.3) is 5.82 Å². The fourth-order valence-corrected chi connectivity index (χ4v) is 2.05. The Labute approximate surface area is 125 Å². The van der Waals surface area contributed by atoms with E-state index in [-0.39, 0.29) is 0 Å². The van der Waals surface area contributed by atoms with Crippen LogP contribution < -0.4 is 5.32 Å². The molecule has 0 fully saturated rings. The van der Waals surface area contributed by atoms with E-state index in [9.17, 15) is 0 Å². The highest BCUT2D eigenvalue weighted by Crippen LogP contribution is 2.17. The zero-order valence-corrected chi connectivity index (χ0v) is 13.0. The van der Waals surface area contributed by atoms with E-state index in [2.05, 4.69) is 36.2 Å². The molecule has 0 saturated heterocycles. The van der Waals surface area contributed by atoms with Gasteiger partial charge in [0.2, 0.25) is 0 Å². The van der Waals surface area contributed by atoms with Crippen molar-refractivity contribution in [2.45, 2.75) is 39.7 Å². The third-order valence-electron chi connectivity index (χ3n) is 3.06. The average molecular weight is 293 g/mol. The first kappa shape index (κ1) is 15.0. The van der Waals surface area contributed by atoms with Crippen LogP contribution in [-0.4, -0.2) is 21.3 Å². The Kier molecular flexibility index (Phi) is 5.15. The summed E-state index contributed by atoms with van der Waals surface area (Å²) in [4.78, 5) is 4.59. The predicted octanol–water partition coefficient (Wildman–Crippen LogP) is 3.54. The second kappa shape index (κ2) is 6.86. The number of pyridine rings is 1. The van der Waals surface area contributed by atoms with E-state index in [4.69, 9.17) is 11.6 Å². The lowest BCUT2D eigenvalue weighted by Crippen LogP contribution is -2.16. The molecule has 0 aliphatic carbocycles. The summed E-state index contributed by atoms with van der Waals surface area (Å²) in [5.74, 6) is 1.21. The first-order chi connectivity index (χ1) is 9.61. The van der Waals surface area contributed by atoms with Crippen molar-refractivity contribution >= 4 is 11.6 Å².